The maximum absolute atomic E-state index is 12.3. The highest BCUT2D eigenvalue weighted by Gasteiger charge is 2.26. The summed E-state index contributed by atoms with van der Waals surface area (Å²) in [6.07, 6.45) is 0.920. The molecule has 0 fully saturated rings. The molecule has 1 aliphatic heterocycles. The Kier molecular flexibility index (Phi) is 4.64. The molecule has 2 aromatic carbocycles. The summed E-state index contributed by atoms with van der Waals surface area (Å²) < 4.78 is 28.5. The van der Waals surface area contributed by atoms with Crippen LogP contribution in [0, 0.1) is 0 Å². The number of para-hydroxylation sites is 1. The molecule has 1 heterocycles. The highest BCUT2D eigenvalue weighted by Crippen LogP contribution is 2.31. The number of hydrogen-bond acceptors (Lipinski definition) is 3. The molecule has 1 aliphatic rings. The lowest BCUT2D eigenvalue weighted by atomic mass is 10.1. The number of carbonyl (C=O) groups excluding carboxylic acids is 1. The van der Waals surface area contributed by atoms with E-state index in [1.54, 1.807) is 0 Å². The van der Waals surface area contributed by atoms with Crippen LogP contribution in [0.5, 0.6) is 5.75 Å². The second kappa shape index (κ2) is 6.86. The summed E-state index contributed by atoms with van der Waals surface area (Å²) in [4.78, 5) is 14.4. The normalized spacial score (nSPS) is 16.2. The number of ether oxygens (including phenoxy) is 1. The molecule has 2 aromatic rings. The minimum absolute atomic E-state index is 0.0603. The second-order valence-corrected chi connectivity index (χ2v) is 5.76. The van der Waals surface area contributed by atoms with Crippen LogP contribution in [0.1, 0.15) is 12.5 Å². The molecular formula is C18H18F2N2O2. The molecule has 1 N–H and O–H groups in total. The molecule has 1 amide bonds. The van der Waals surface area contributed by atoms with Crippen molar-refractivity contribution in [1.29, 1.82) is 0 Å². The number of carbonyl (C=O) groups is 1. The van der Waals surface area contributed by atoms with Gasteiger partial charge in [0, 0.05) is 17.4 Å². The van der Waals surface area contributed by atoms with E-state index in [4.69, 9.17) is 0 Å². The van der Waals surface area contributed by atoms with Crippen LogP contribution < -0.4 is 15.0 Å². The third-order valence-electron chi connectivity index (χ3n) is 4.03. The number of nitrogens with zero attached hydrogens (tertiary/aromatic N) is 1. The first kappa shape index (κ1) is 16.2. The maximum Gasteiger partial charge on any atom is 0.387 e. The van der Waals surface area contributed by atoms with E-state index in [9.17, 15) is 13.6 Å². The van der Waals surface area contributed by atoms with Gasteiger partial charge in [-0.3, -0.25) is 4.79 Å². The zero-order valence-corrected chi connectivity index (χ0v) is 13.2. The quantitative estimate of drug-likeness (QED) is 0.908. The van der Waals surface area contributed by atoms with E-state index in [-0.39, 0.29) is 24.2 Å². The maximum atomic E-state index is 12.3. The van der Waals surface area contributed by atoms with E-state index in [2.05, 4.69) is 27.9 Å². The Labute approximate surface area is 139 Å². The SMILES string of the molecule is CC1Cc2ccccc2N1CC(=O)Nc1ccc(OC(F)F)cc1. The largest absolute Gasteiger partial charge is 0.435 e. The Morgan fingerprint density at radius 1 is 1.25 bits per heavy atom. The Balaban J connectivity index is 1.62. The summed E-state index contributed by atoms with van der Waals surface area (Å²) >= 11 is 0. The number of amides is 1. The van der Waals surface area contributed by atoms with Gasteiger partial charge in [-0.05, 0) is 49.2 Å². The van der Waals surface area contributed by atoms with E-state index in [0.29, 0.717) is 5.69 Å². The van der Waals surface area contributed by atoms with Gasteiger partial charge in [-0.1, -0.05) is 18.2 Å². The lowest BCUT2D eigenvalue weighted by Crippen LogP contribution is -2.37. The molecular weight excluding hydrogens is 314 g/mol. The predicted molar refractivity (Wildman–Crippen MR) is 88.7 cm³/mol. The van der Waals surface area contributed by atoms with Crippen molar-refractivity contribution in [3.63, 3.8) is 0 Å². The topological polar surface area (TPSA) is 41.6 Å². The molecule has 0 saturated heterocycles. The lowest BCUT2D eigenvalue weighted by molar-refractivity contribution is -0.115. The Bertz CT molecular complexity index is 719. The van der Waals surface area contributed by atoms with Crippen molar-refractivity contribution in [3.8, 4) is 5.75 Å². The van der Waals surface area contributed by atoms with Crippen LogP contribution in [-0.4, -0.2) is 25.1 Å². The van der Waals surface area contributed by atoms with Crippen molar-refractivity contribution in [2.45, 2.75) is 26.0 Å². The van der Waals surface area contributed by atoms with Crippen molar-refractivity contribution in [2.24, 2.45) is 0 Å². The summed E-state index contributed by atoms with van der Waals surface area (Å²) in [5.74, 6) is -0.0915. The average Bonchev–Trinajstić information content (AvgIpc) is 2.85. The van der Waals surface area contributed by atoms with Gasteiger partial charge in [0.1, 0.15) is 5.75 Å². The zero-order valence-electron chi connectivity index (χ0n) is 13.2. The first-order chi connectivity index (χ1) is 11.5. The van der Waals surface area contributed by atoms with Gasteiger partial charge in [-0.2, -0.15) is 8.78 Å². The molecule has 24 heavy (non-hydrogen) atoms. The van der Waals surface area contributed by atoms with Crippen LogP contribution in [0.3, 0.4) is 0 Å². The fraction of sp³-hybridized carbons (Fsp3) is 0.278. The molecule has 0 aromatic heterocycles. The zero-order chi connectivity index (χ0) is 17.1. The van der Waals surface area contributed by atoms with E-state index < -0.39 is 6.61 Å². The molecule has 1 unspecified atom stereocenters. The van der Waals surface area contributed by atoms with Crippen LogP contribution >= 0.6 is 0 Å². The third kappa shape index (κ3) is 3.64. The molecule has 0 radical (unpaired) electrons. The second-order valence-electron chi connectivity index (χ2n) is 5.76. The summed E-state index contributed by atoms with van der Waals surface area (Å²) in [6, 6.07) is 14.2. The number of halogens is 2. The van der Waals surface area contributed by atoms with Gasteiger partial charge >= 0.3 is 6.61 Å². The number of benzene rings is 2. The first-order valence-corrected chi connectivity index (χ1v) is 7.72. The molecule has 4 nitrogen and oxygen atoms in total. The highest BCUT2D eigenvalue weighted by molar-refractivity contribution is 5.94. The minimum Gasteiger partial charge on any atom is -0.435 e. The lowest BCUT2D eigenvalue weighted by Gasteiger charge is -2.24. The standard InChI is InChI=1S/C18H18F2N2O2/c1-12-10-13-4-2-3-5-16(13)22(12)11-17(23)21-14-6-8-15(9-7-14)24-18(19)20/h2-9,12,18H,10-11H2,1H3,(H,21,23). The van der Waals surface area contributed by atoms with Gasteiger partial charge in [0.2, 0.25) is 5.91 Å². The van der Waals surface area contributed by atoms with Gasteiger partial charge in [0.15, 0.2) is 0 Å². The number of anilines is 2. The first-order valence-electron chi connectivity index (χ1n) is 7.72. The van der Waals surface area contributed by atoms with E-state index >= 15 is 0 Å². The molecule has 0 aliphatic carbocycles. The summed E-state index contributed by atoms with van der Waals surface area (Å²) in [5.41, 5.74) is 2.87. The van der Waals surface area contributed by atoms with Crippen molar-refractivity contribution in [3.05, 3.63) is 54.1 Å². The van der Waals surface area contributed by atoms with Crippen LogP contribution in [0.2, 0.25) is 0 Å². The molecule has 0 bridgehead atoms. The Hall–Kier alpha value is -2.63. The molecule has 126 valence electrons. The van der Waals surface area contributed by atoms with Crippen LogP contribution in [-0.2, 0) is 11.2 Å². The van der Waals surface area contributed by atoms with Crippen molar-refractivity contribution >= 4 is 17.3 Å². The molecule has 6 heteroatoms. The van der Waals surface area contributed by atoms with Crippen LogP contribution in [0.4, 0.5) is 20.2 Å². The summed E-state index contributed by atoms with van der Waals surface area (Å²) in [7, 11) is 0. The van der Waals surface area contributed by atoms with Crippen molar-refractivity contribution in [1.82, 2.24) is 0 Å². The fourth-order valence-corrected chi connectivity index (χ4v) is 2.95. The molecule has 1 atom stereocenters. The van der Waals surface area contributed by atoms with Gasteiger partial charge in [0.05, 0.1) is 6.54 Å². The van der Waals surface area contributed by atoms with Gasteiger partial charge in [0.25, 0.3) is 0 Å². The van der Waals surface area contributed by atoms with Gasteiger partial charge < -0.3 is 15.0 Å². The van der Waals surface area contributed by atoms with E-state index in [1.807, 2.05) is 18.2 Å². The monoisotopic (exact) mass is 332 g/mol. The fourth-order valence-electron chi connectivity index (χ4n) is 2.95. The Morgan fingerprint density at radius 2 is 1.96 bits per heavy atom. The van der Waals surface area contributed by atoms with Crippen LogP contribution in [0.15, 0.2) is 48.5 Å². The van der Waals surface area contributed by atoms with Gasteiger partial charge in [-0.15, -0.1) is 0 Å². The summed E-state index contributed by atoms with van der Waals surface area (Å²) in [5, 5.41) is 2.78. The smallest absolute Gasteiger partial charge is 0.387 e. The minimum atomic E-state index is -2.86. The number of nitrogens with one attached hydrogen (secondary N) is 1. The highest BCUT2D eigenvalue weighted by atomic mass is 19.3. The van der Waals surface area contributed by atoms with E-state index in [1.165, 1.54) is 29.8 Å². The Morgan fingerprint density at radius 3 is 2.67 bits per heavy atom. The number of rotatable bonds is 5. The van der Waals surface area contributed by atoms with Crippen molar-refractivity contribution in [2.75, 3.05) is 16.8 Å². The molecule has 0 spiro atoms. The predicted octanol–water partition coefficient (Wildman–Crippen LogP) is 3.68. The average molecular weight is 332 g/mol. The van der Waals surface area contributed by atoms with Crippen LogP contribution in [0.25, 0.3) is 0 Å². The number of fused-ring (bicyclic) bond motifs is 1. The third-order valence-corrected chi connectivity index (χ3v) is 4.03. The summed E-state index contributed by atoms with van der Waals surface area (Å²) in [6.45, 7) is -0.529. The molecule has 0 saturated carbocycles. The number of hydrogen-bond donors (Lipinski definition) is 1. The van der Waals surface area contributed by atoms with E-state index in [0.717, 1.165) is 12.1 Å². The van der Waals surface area contributed by atoms with Crippen molar-refractivity contribution < 1.29 is 18.3 Å². The molecule has 3 rings (SSSR count). The van der Waals surface area contributed by atoms with Gasteiger partial charge in [-0.25, -0.2) is 0 Å². The number of alkyl halides is 2.